The molecule has 0 spiro atoms. The number of hydrogen-bond acceptors (Lipinski definition) is 2. The van der Waals surface area contributed by atoms with Crippen molar-refractivity contribution in [1.29, 1.82) is 0 Å². The number of thioether (sulfide) groups is 1. The minimum absolute atomic E-state index is 0.554. The van der Waals surface area contributed by atoms with E-state index in [9.17, 15) is 0 Å². The first-order valence-electron chi connectivity index (χ1n) is 7.10. The van der Waals surface area contributed by atoms with Gasteiger partial charge in [-0.1, -0.05) is 41.6 Å². The van der Waals surface area contributed by atoms with E-state index in [-0.39, 0.29) is 0 Å². The van der Waals surface area contributed by atoms with E-state index in [1.807, 2.05) is 0 Å². The maximum atomic E-state index is 5.70. The first kappa shape index (κ1) is 14.2. The number of rotatable bonds is 5. The Morgan fingerprint density at radius 2 is 1.88 bits per heavy atom. The van der Waals surface area contributed by atoms with Crippen molar-refractivity contribution in [3.8, 4) is 0 Å². The lowest BCUT2D eigenvalue weighted by atomic mass is 9.85. The number of ether oxygens (including phenoxy) is 1. The largest absolute Gasteiger partial charge is 0.377 e. The van der Waals surface area contributed by atoms with Gasteiger partial charge in [0, 0.05) is 17.7 Å². The third-order valence-electron chi connectivity index (χ3n) is 4.18. The zero-order valence-corrected chi connectivity index (χ0v) is 13.2. The molecule has 0 aromatic carbocycles. The van der Waals surface area contributed by atoms with Gasteiger partial charge in [0.2, 0.25) is 0 Å². The fourth-order valence-corrected chi connectivity index (χ4v) is 5.47. The monoisotopic (exact) mass is 320 g/mol. The summed E-state index contributed by atoms with van der Waals surface area (Å²) in [6, 6.07) is 0. The van der Waals surface area contributed by atoms with Gasteiger partial charge in [-0.15, -0.1) is 0 Å². The van der Waals surface area contributed by atoms with Crippen LogP contribution < -0.4 is 0 Å². The predicted octanol–water partition coefficient (Wildman–Crippen LogP) is 4.63. The molecule has 0 N–H and O–H groups in total. The maximum Gasteiger partial charge on any atom is 0.0666 e. The van der Waals surface area contributed by atoms with Crippen LogP contribution in [0.5, 0.6) is 0 Å². The second-order valence-corrected chi connectivity index (χ2v) is 7.29. The number of halogens is 1. The highest BCUT2D eigenvalue weighted by atomic mass is 79.9. The third kappa shape index (κ3) is 4.43. The van der Waals surface area contributed by atoms with E-state index < -0.39 is 0 Å². The summed E-state index contributed by atoms with van der Waals surface area (Å²) in [5, 5.41) is 1.19. The van der Waals surface area contributed by atoms with E-state index in [0.717, 1.165) is 6.61 Å². The number of alkyl halides is 1. The van der Waals surface area contributed by atoms with Crippen molar-refractivity contribution in [2.24, 2.45) is 5.41 Å². The standard InChI is InChI=1S/C14H25BrOS/c15-11-14(7-3-1-2-4-8-14)12-17-10-13-6-5-9-16-13/h13H,1-12H2. The van der Waals surface area contributed by atoms with Gasteiger partial charge in [-0.3, -0.25) is 0 Å². The van der Waals surface area contributed by atoms with Crippen molar-refractivity contribution in [3.05, 3.63) is 0 Å². The van der Waals surface area contributed by atoms with Crippen LogP contribution in [0.2, 0.25) is 0 Å². The lowest BCUT2D eigenvalue weighted by molar-refractivity contribution is 0.128. The molecule has 1 atom stereocenters. The topological polar surface area (TPSA) is 9.23 Å². The highest BCUT2D eigenvalue weighted by molar-refractivity contribution is 9.09. The van der Waals surface area contributed by atoms with E-state index in [1.165, 1.54) is 68.2 Å². The zero-order chi connectivity index (χ0) is 12.0. The third-order valence-corrected chi connectivity index (χ3v) is 6.80. The fraction of sp³-hybridized carbons (Fsp3) is 1.00. The van der Waals surface area contributed by atoms with Gasteiger partial charge in [-0.25, -0.2) is 0 Å². The Bertz CT molecular complexity index is 208. The van der Waals surface area contributed by atoms with Crippen LogP contribution in [0.15, 0.2) is 0 Å². The first-order valence-corrected chi connectivity index (χ1v) is 9.38. The van der Waals surface area contributed by atoms with Crippen LogP contribution in [-0.4, -0.2) is 29.5 Å². The van der Waals surface area contributed by atoms with E-state index in [0.29, 0.717) is 11.5 Å². The Balaban J connectivity index is 1.73. The number of hydrogen-bond donors (Lipinski definition) is 0. The summed E-state index contributed by atoms with van der Waals surface area (Å²) in [5.41, 5.74) is 0.583. The Morgan fingerprint density at radius 3 is 2.47 bits per heavy atom. The van der Waals surface area contributed by atoms with Gasteiger partial charge in [0.15, 0.2) is 0 Å². The molecule has 0 bridgehead atoms. The molecule has 1 saturated carbocycles. The summed E-state index contributed by atoms with van der Waals surface area (Å²) in [5.74, 6) is 2.55. The summed E-state index contributed by atoms with van der Waals surface area (Å²) < 4.78 is 5.70. The second kappa shape index (κ2) is 7.40. The minimum atomic E-state index is 0.554. The summed E-state index contributed by atoms with van der Waals surface area (Å²) in [4.78, 5) is 0. The second-order valence-electron chi connectivity index (χ2n) is 5.70. The van der Waals surface area contributed by atoms with Crippen molar-refractivity contribution in [3.63, 3.8) is 0 Å². The van der Waals surface area contributed by atoms with Crippen molar-refractivity contribution in [2.45, 2.75) is 57.5 Å². The molecule has 2 fully saturated rings. The molecule has 0 amide bonds. The van der Waals surface area contributed by atoms with Gasteiger partial charge in [0.1, 0.15) is 0 Å². The van der Waals surface area contributed by atoms with E-state index >= 15 is 0 Å². The van der Waals surface area contributed by atoms with E-state index in [2.05, 4.69) is 27.7 Å². The van der Waals surface area contributed by atoms with Crippen molar-refractivity contribution >= 4 is 27.7 Å². The molecular formula is C14H25BrOS. The van der Waals surface area contributed by atoms with Crippen LogP contribution in [0.4, 0.5) is 0 Å². The first-order chi connectivity index (χ1) is 8.35. The van der Waals surface area contributed by atoms with Crippen molar-refractivity contribution in [1.82, 2.24) is 0 Å². The summed E-state index contributed by atoms with van der Waals surface area (Å²) >= 11 is 5.91. The molecule has 0 aromatic heterocycles. The molecule has 1 heterocycles. The molecule has 2 rings (SSSR count). The quantitative estimate of drug-likeness (QED) is 0.539. The lowest BCUT2D eigenvalue weighted by Crippen LogP contribution is -2.26. The fourth-order valence-electron chi connectivity index (χ4n) is 2.98. The van der Waals surface area contributed by atoms with Crippen LogP contribution >= 0.6 is 27.7 Å². The highest BCUT2D eigenvalue weighted by Gasteiger charge is 2.30. The molecule has 2 aliphatic rings. The smallest absolute Gasteiger partial charge is 0.0666 e. The van der Waals surface area contributed by atoms with Gasteiger partial charge in [0.25, 0.3) is 0 Å². The molecule has 1 aliphatic carbocycles. The molecule has 1 nitrogen and oxygen atoms in total. The van der Waals surface area contributed by atoms with Crippen LogP contribution in [0.1, 0.15) is 51.4 Å². The molecule has 1 unspecified atom stereocenters. The SMILES string of the molecule is BrCC1(CSCC2CCCO2)CCCCCC1. The molecule has 1 aliphatic heterocycles. The van der Waals surface area contributed by atoms with Gasteiger partial charge < -0.3 is 4.74 Å². The zero-order valence-electron chi connectivity index (χ0n) is 10.8. The molecule has 3 heteroatoms. The van der Waals surface area contributed by atoms with Gasteiger partial charge >= 0.3 is 0 Å². The van der Waals surface area contributed by atoms with Crippen molar-refractivity contribution in [2.75, 3.05) is 23.4 Å². The summed E-state index contributed by atoms with van der Waals surface area (Å²) in [6.45, 7) is 0.995. The van der Waals surface area contributed by atoms with E-state index in [4.69, 9.17) is 4.74 Å². The van der Waals surface area contributed by atoms with Gasteiger partial charge in [0.05, 0.1) is 6.10 Å². The van der Waals surface area contributed by atoms with Crippen LogP contribution in [0.25, 0.3) is 0 Å². The summed E-state index contributed by atoms with van der Waals surface area (Å²) in [7, 11) is 0. The van der Waals surface area contributed by atoms with Crippen LogP contribution in [0, 0.1) is 5.41 Å². The summed E-state index contributed by atoms with van der Waals surface area (Å²) in [6.07, 6.45) is 11.7. The molecule has 1 saturated heterocycles. The maximum absolute atomic E-state index is 5.70. The van der Waals surface area contributed by atoms with Crippen molar-refractivity contribution < 1.29 is 4.74 Å². The predicted molar refractivity (Wildman–Crippen MR) is 80.2 cm³/mol. The van der Waals surface area contributed by atoms with E-state index in [1.54, 1.807) is 0 Å². The average Bonchev–Trinajstić information content (AvgIpc) is 2.75. The molecular weight excluding hydrogens is 296 g/mol. The van der Waals surface area contributed by atoms with Gasteiger partial charge in [-0.05, 0) is 36.9 Å². The molecule has 17 heavy (non-hydrogen) atoms. The molecule has 0 radical (unpaired) electrons. The highest BCUT2D eigenvalue weighted by Crippen LogP contribution is 2.39. The van der Waals surface area contributed by atoms with Crippen LogP contribution in [0.3, 0.4) is 0 Å². The Morgan fingerprint density at radius 1 is 1.12 bits per heavy atom. The Labute approximate surface area is 119 Å². The Hall–Kier alpha value is 0.790. The molecule has 0 aromatic rings. The van der Waals surface area contributed by atoms with Gasteiger partial charge in [-0.2, -0.15) is 11.8 Å². The normalized spacial score (nSPS) is 29.1. The molecule has 100 valence electrons. The minimum Gasteiger partial charge on any atom is -0.377 e. The average molecular weight is 321 g/mol. The van der Waals surface area contributed by atoms with Crippen LogP contribution in [-0.2, 0) is 4.74 Å². The lowest BCUT2D eigenvalue weighted by Gasteiger charge is -2.30. The Kier molecular flexibility index (Phi) is 6.18.